The maximum atomic E-state index is 12.8. The molecule has 0 aliphatic heterocycles. The number of halogens is 12. The third kappa shape index (κ3) is 2.58. The molecule has 0 saturated heterocycles. The molecular formula is C9H6F12O2. The molecule has 0 aliphatic rings. The van der Waals surface area contributed by atoms with Gasteiger partial charge < -0.3 is 5.11 Å². The highest BCUT2D eigenvalue weighted by Crippen LogP contribution is 2.71. The highest BCUT2D eigenvalue weighted by atomic mass is 19.4. The molecule has 23 heavy (non-hydrogen) atoms. The van der Waals surface area contributed by atoms with Crippen molar-refractivity contribution in [1.29, 1.82) is 0 Å². The van der Waals surface area contributed by atoms with Crippen LogP contribution in [0.4, 0.5) is 52.7 Å². The lowest BCUT2D eigenvalue weighted by Gasteiger charge is -2.49. The van der Waals surface area contributed by atoms with Crippen LogP contribution in [0, 0.1) is 10.8 Å². The summed E-state index contributed by atoms with van der Waals surface area (Å²) in [5.41, 5.74) is -13.8. The molecule has 0 aromatic carbocycles. The molecule has 0 spiro atoms. The molecule has 138 valence electrons. The first-order valence-electron chi connectivity index (χ1n) is 5.26. The van der Waals surface area contributed by atoms with Crippen LogP contribution in [0.3, 0.4) is 0 Å². The SMILES string of the molecule is CCC(C(F)(F)F)(C(F)(F)F)C(C(=O)O)(C(F)(F)F)C(F)(F)F. The number of carbonyl (C=O) groups is 1. The summed E-state index contributed by atoms with van der Waals surface area (Å²) in [5.74, 6) is -4.35. The highest BCUT2D eigenvalue weighted by Gasteiger charge is 2.95. The van der Waals surface area contributed by atoms with E-state index in [1.807, 2.05) is 0 Å². The number of carboxylic acids is 1. The van der Waals surface area contributed by atoms with Crippen LogP contribution in [0.5, 0.6) is 0 Å². The molecule has 0 fully saturated rings. The van der Waals surface area contributed by atoms with Crippen molar-refractivity contribution in [3.63, 3.8) is 0 Å². The van der Waals surface area contributed by atoms with Gasteiger partial charge in [-0.2, -0.15) is 52.7 Å². The second-order valence-corrected chi connectivity index (χ2v) is 4.31. The fourth-order valence-electron chi connectivity index (χ4n) is 2.32. The fraction of sp³-hybridized carbons (Fsp3) is 0.889. The smallest absolute Gasteiger partial charge is 0.415 e. The summed E-state index contributed by atoms with van der Waals surface area (Å²) < 4.78 is 153. The van der Waals surface area contributed by atoms with E-state index in [0.29, 0.717) is 0 Å². The Bertz CT molecular complexity index is 423. The summed E-state index contributed by atoms with van der Waals surface area (Å²) in [6.45, 7) is -0.268. The van der Waals surface area contributed by atoms with Crippen molar-refractivity contribution in [3.05, 3.63) is 0 Å². The summed E-state index contributed by atoms with van der Waals surface area (Å²) in [4.78, 5) is 10.6. The fourth-order valence-corrected chi connectivity index (χ4v) is 2.32. The number of hydrogen-bond acceptors (Lipinski definition) is 1. The van der Waals surface area contributed by atoms with Gasteiger partial charge in [0, 0.05) is 0 Å². The van der Waals surface area contributed by atoms with E-state index in [-0.39, 0.29) is 6.92 Å². The molecule has 0 heterocycles. The second kappa shape index (κ2) is 5.33. The van der Waals surface area contributed by atoms with Crippen molar-refractivity contribution in [1.82, 2.24) is 0 Å². The van der Waals surface area contributed by atoms with Gasteiger partial charge in [-0.15, -0.1) is 0 Å². The van der Waals surface area contributed by atoms with Gasteiger partial charge in [-0.1, -0.05) is 6.92 Å². The molecule has 0 aromatic rings. The number of carboxylic acid groups (broad SMARTS) is 1. The predicted octanol–water partition coefficient (Wildman–Crippen LogP) is 4.70. The Morgan fingerprint density at radius 1 is 0.696 bits per heavy atom. The lowest BCUT2D eigenvalue weighted by atomic mass is 9.59. The molecule has 0 radical (unpaired) electrons. The molecule has 1 N–H and O–H groups in total. The van der Waals surface area contributed by atoms with Crippen molar-refractivity contribution >= 4 is 5.97 Å². The first-order valence-corrected chi connectivity index (χ1v) is 5.26. The minimum atomic E-state index is -7.45. The lowest BCUT2D eigenvalue weighted by molar-refractivity contribution is -0.459. The van der Waals surface area contributed by atoms with E-state index in [9.17, 15) is 57.5 Å². The van der Waals surface area contributed by atoms with E-state index in [1.54, 1.807) is 0 Å². The van der Waals surface area contributed by atoms with Gasteiger partial charge in [0.15, 0.2) is 5.41 Å². The van der Waals surface area contributed by atoms with Gasteiger partial charge in [-0.05, 0) is 6.42 Å². The Morgan fingerprint density at radius 3 is 1.00 bits per heavy atom. The van der Waals surface area contributed by atoms with E-state index in [2.05, 4.69) is 0 Å². The molecule has 0 amide bonds. The van der Waals surface area contributed by atoms with Crippen molar-refractivity contribution in [2.75, 3.05) is 0 Å². The monoisotopic (exact) mass is 374 g/mol. The van der Waals surface area contributed by atoms with E-state index in [1.165, 1.54) is 0 Å². The summed E-state index contributed by atoms with van der Waals surface area (Å²) in [6, 6.07) is 0. The predicted molar refractivity (Wildman–Crippen MR) is 47.0 cm³/mol. The largest absolute Gasteiger partial charge is 0.480 e. The normalized spacial score (nSPS) is 15.7. The molecule has 0 rings (SSSR count). The van der Waals surface area contributed by atoms with Gasteiger partial charge in [-0.3, -0.25) is 4.79 Å². The molecular weight excluding hydrogens is 368 g/mol. The van der Waals surface area contributed by atoms with Gasteiger partial charge in [-0.25, -0.2) is 0 Å². The summed E-state index contributed by atoms with van der Waals surface area (Å²) in [6.07, 6.45) is -32.2. The maximum absolute atomic E-state index is 12.8. The van der Waals surface area contributed by atoms with Crippen LogP contribution in [-0.2, 0) is 4.79 Å². The van der Waals surface area contributed by atoms with Crippen LogP contribution in [0.2, 0.25) is 0 Å². The Balaban J connectivity index is 7.48. The second-order valence-electron chi connectivity index (χ2n) is 4.31. The van der Waals surface area contributed by atoms with Crippen LogP contribution in [0.1, 0.15) is 13.3 Å². The molecule has 2 nitrogen and oxygen atoms in total. The van der Waals surface area contributed by atoms with Crippen molar-refractivity contribution in [3.8, 4) is 0 Å². The van der Waals surface area contributed by atoms with E-state index in [4.69, 9.17) is 5.11 Å². The molecule has 0 atom stereocenters. The zero-order valence-corrected chi connectivity index (χ0v) is 10.6. The molecule has 0 aliphatic carbocycles. The minimum Gasteiger partial charge on any atom is -0.480 e. The summed E-state index contributed by atoms with van der Waals surface area (Å²) in [5, 5.41) is 8.25. The lowest BCUT2D eigenvalue weighted by Crippen LogP contribution is -2.73. The van der Waals surface area contributed by atoms with E-state index < -0.39 is 47.9 Å². The van der Waals surface area contributed by atoms with Crippen molar-refractivity contribution in [2.24, 2.45) is 10.8 Å². The number of hydrogen-bond donors (Lipinski definition) is 1. The third-order valence-electron chi connectivity index (χ3n) is 3.31. The van der Waals surface area contributed by atoms with Gasteiger partial charge in [0.1, 0.15) is 0 Å². The van der Waals surface area contributed by atoms with E-state index in [0.717, 1.165) is 0 Å². The Morgan fingerprint density at radius 2 is 0.957 bits per heavy atom. The van der Waals surface area contributed by atoms with Crippen molar-refractivity contribution in [2.45, 2.75) is 38.0 Å². The molecule has 0 aromatic heterocycles. The van der Waals surface area contributed by atoms with Crippen LogP contribution in [-0.4, -0.2) is 35.8 Å². The first kappa shape index (κ1) is 21.6. The number of alkyl halides is 12. The molecule has 14 heteroatoms. The Labute approximate surface area is 119 Å². The first-order chi connectivity index (χ1) is 9.75. The van der Waals surface area contributed by atoms with Gasteiger partial charge in [0.05, 0.1) is 0 Å². The zero-order valence-electron chi connectivity index (χ0n) is 10.6. The third-order valence-corrected chi connectivity index (χ3v) is 3.31. The Kier molecular flexibility index (Phi) is 5.01. The van der Waals surface area contributed by atoms with Crippen LogP contribution in [0.15, 0.2) is 0 Å². The zero-order chi connectivity index (χ0) is 19.3. The number of rotatable bonds is 3. The summed E-state index contributed by atoms with van der Waals surface area (Å²) >= 11 is 0. The molecule has 0 unspecified atom stereocenters. The van der Waals surface area contributed by atoms with E-state index >= 15 is 0 Å². The average molecular weight is 374 g/mol. The number of aliphatic carboxylic acids is 1. The van der Waals surface area contributed by atoms with Gasteiger partial charge in [0.25, 0.3) is 5.41 Å². The molecule has 0 saturated carbocycles. The van der Waals surface area contributed by atoms with Crippen LogP contribution < -0.4 is 0 Å². The standard InChI is InChI=1S/C9H6F12O2/c1-2-4(6(10,11)12,7(13,14)15)5(3(22)23,8(16,17)18)9(19,20)21/h2H2,1H3,(H,22,23). The average Bonchev–Trinajstić information content (AvgIpc) is 2.16. The minimum absolute atomic E-state index is 0.268. The van der Waals surface area contributed by atoms with Crippen LogP contribution in [0.25, 0.3) is 0 Å². The van der Waals surface area contributed by atoms with Crippen molar-refractivity contribution < 1.29 is 62.6 Å². The maximum Gasteiger partial charge on any atom is 0.415 e. The van der Waals surface area contributed by atoms with Gasteiger partial charge in [0.2, 0.25) is 0 Å². The highest BCUT2D eigenvalue weighted by molar-refractivity contribution is 5.78. The van der Waals surface area contributed by atoms with Gasteiger partial charge >= 0.3 is 30.7 Å². The Hall–Kier alpha value is -1.37. The topological polar surface area (TPSA) is 37.3 Å². The summed E-state index contributed by atoms with van der Waals surface area (Å²) in [7, 11) is 0. The molecule has 0 bridgehead atoms. The van der Waals surface area contributed by atoms with Crippen LogP contribution >= 0.6 is 0 Å². The quantitative estimate of drug-likeness (QED) is 0.727.